The second kappa shape index (κ2) is 7.46. The summed E-state index contributed by atoms with van der Waals surface area (Å²) in [6.45, 7) is 1.49. The number of benzene rings is 1. The summed E-state index contributed by atoms with van der Waals surface area (Å²) in [6.07, 6.45) is 6.33. The van der Waals surface area contributed by atoms with Crippen molar-refractivity contribution in [2.75, 3.05) is 33.8 Å². The average molecular weight is 419 g/mol. The van der Waals surface area contributed by atoms with Crippen molar-refractivity contribution in [1.29, 1.82) is 0 Å². The minimum Gasteiger partial charge on any atom is -0.495 e. The molecule has 3 heterocycles. The predicted octanol–water partition coefficient (Wildman–Crippen LogP) is 1.90. The van der Waals surface area contributed by atoms with Gasteiger partial charge in [-0.05, 0) is 43.5 Å². The van der Waals surface area contributed by atoms with Crippen molar-refractivity contribution in [3.8, 4) is 11.4 Å². The Kier molecular flexibility index (Phi) is 5.12. The average Bonchev–Trinajstić information content (AvgIpc) is 3.26. The van der Waals surface area contributed by atoms with E-state index in [1.165, 1.54) is 7.11 Å². The van der Waals surface area contributed by atoms with Crippen molar-refractivity contribution < 1.29 is 17.9 Å². The molecule has 2 aromatic rings. The second-order valence-electron chi connectivity index (χ2n) is 7.98. The minimum atomic E-state index is -3.76. The molecule has 1 spiro atoms. The second-order valence-corrected chi connectivity index (χ2v) is 9.88. The van der Waals surface area contributed by atoms with Crippen LogP contribution in [0.25, 0.3) is 5.69 Å². The number of rotatable bonds is 4. The van der Waals surface area contributed by atoms with E-state index in [2.05, 4.69) is 5.10 Å². The third kappa shape index (κ3) is 3.64. The van der Waals surface area contributed by atoms with Gasteiger partial charge in [-0.1, -0.05) is 0 Å². The molecule has 1 amide bonds. The number of hydrogen-bond acceptors (Lipinski definition) is 5. The monoisotopic (exact) mass is 418 g/mol. The Labute approximate surface area is 171 Å². The Hall–Kier alpha value is -2.39. The zero-order valence-electron chi connectivity index (χ0n) is 16.7. The van der Waals surface area contributed by atoms with E-state index >= 15 is 0 Å². The largest absolute Gasteiger partial charge is 0.495 e. The first kappa shape index (κ1) is 19.9. The number of piperidine rings is 2. The molecule has 2 saturated heterocycles. The molecule has 2 aliphatic rings. The molecule has 156 valence electrons. The van der Waals surface area contributed by atoms with Crippen molar-refractivity contribution in [1.82, 2.24) is 19.0 Å². The van der Waals surface area contributed by atoms with Gasteiger partial charge < -0.3 is 9.64 Å². The van der Waals surface area contributed by atoms with Gasteiger partial charge in [0.15, 0.2) is 0 Å². The number of nitrogens with zero attached hydrogens (tertiary/aromatic N) is 4. The van der Waals surface area contributed by atoms with Gasteiger partial charge in [0.05, 0.1) is 12.8 Å². The number of carbonyl (C=O) groups excluding carboxylic acids is 1. The van der Waals surface area contributed by atoms with Gasteiger partial charge in [-0.25, -0.2) is 13.1 Å². The maximum absolute atomic E-state index is 13.6. The molecule has 9 heteroatoms. The molecule has 1 atom stereocenters. The number of sulfonamides is 1. The minimum absolute atomic E-state index is 0.129. The van der Waals surface area contributed by atoms with Gasteiger partial charge in [-0.2, -0.15) is 9.40 Å². The fourth-order valence-electron chi connectivity index (χ4n) is 4.50. The van der Waals surface area contributed by atoms with Crippen LogP contribution in [0.1, 0.15) is 25.7 Å². The van der Waals surface area contributed by atoms with Crippen LogP contribution in [0.15, 0.2) is 41.6 Å². The molecule has 0 bridgehead atoms. The number of aromatic nitrogens is 2. The maximum atomic E-state index is 13.6. The van der Waals surface area contributed by atoms with E-state index in [4.69, 9.17) is 4.74 Å². The molecule has 2 aliphatic heterocycles. The Morgan fingerprint density at radius 3 is 2.72 bits per heavy atom. The van der Waals surface area contributed by atoms with Crippen molar-refractivity contribution in [2.45, 2.75) is 30.6 Å². The topological polar surface area (TPSA) is 84.7 Å². The Bertz CT molecular complexity index is 1010. The molecule has 0 saturated carbocycles. The first-order valence-corrected chi connectivity index (χ1v) is 11.2. The Morgan fingerprint density at radius 1 is 1.21 bits per heavy atom. The van der Waals surface area contributed by atoms with Crippen LogP contribution >= 0.6 is 0 Å². The van der Waals surface area contributed by atoms with Gasteiger partial charge in [0.25, 0.3) is 0 Å². The lowest BCUT2D eigenvalue weighted by Crippen LogP contribution is -2.54. The molecule has 0 N–H and O–H groups in total. The number of likely N-dealkylation sites (tertiary alicyclic amines) is 1. The molecule has 1 aromatic carbocycles. The fraction of sp³-hybridized carbons (Fsp3) is 0.500. The van der Waals surface area contributed by atoms with E-state index in [-0.39, 0.29) is 16.2 Å². The Balaban J connectivity index is 1.67. The lowest BCUT2D eigenvalue weighted by atomic mass is 9.74. The highest BCUT2D eigenvalue weighted by Crippen LogP contribution is 2.41. The van der Waals surface area contributed by atoms with Crippen LogP contribution < -0.4 is 4.74 Å². The number of ether oxygens (including phenoxy) is 1. The van der Waals surface area contributed by atoms with Crippen molar-refractivity contribution >= 4 is 15.9 Å². The smallest absolute Gasteiger partial charge is 0.246 e. The van der Waals surface area contributed by atoms with E-state index in [0.29, 0.717) is 37.5 Å². The number of methoxy groups -OCH3 is 1. The first-order valence-electron chi connectivity index (χ1n) is 9.77. The number of carbonyl (C=O) groups is 1. The van der Waals surface area contributed by atoms with E-state index in [0.717, 1.165) is 19.3 Å². The van der Waals surface area contributed by atoms with Gasteiger partial charge in [-0.15, -0.1) is 0 Å². The molecule has 0 radical (unpaired) electrons. The zero-order chi connectivity index (χ0) is 20.6. The summed E-state index contributed by atoms with van der Waals surface area (Å²) in [4.78, 5) is 13.8. The molecule has 2 fully saturated rings. The van der Waals surface area contributed by atoms with Crippen LogP contribution in [-0.2, 0) is 14.8 Å². The summed E-state index contributed by atoms with van der Waals surface area (Å²) in [5.74, 6) is 0.445. The van der Waals surface area contributed by atoms with E-state index in [9.17, 15) is 13.2 Å². The predicted molar refractivity (Wildman–Crippen MR) is 107 cm³/mol. The van der Waals surface area contributed by atoms with Gasteiger partial charge in [0.2, 0.25) is 15.9 Å². The van der Waals surface area contributed by atoms with Crippen molar-refractivity contribution in [2.24, 2.45) is 5.41 Å². The molecule has 1 unspecified atom stereocenters. The lowest BCUT2D eigenvalue weighted by Gasteiger charge is -2.46. The molecule has 1 aromatic heterocycles. The first-order chi connectivity index (χ1) is 13.8. The SMILES string of the molecule is COc1ccc(-n2cccn2)cc1S(=O)(=O)N1CCCC2(CCC(=O)N(C)C2)C1. The quantitative estimate of drug-likeness (QED) is 0.757. The normalized spacial score (nSPS) is 23.5. The van der Waals surface area contributed by atoms with E-state index < -0.39 is 10.0 Å². The van der Waals surface area contributed by atoms with Gasteiger partial charge in [0, 0.05) is 50.9 Å². The van der Waals surface area contributed by atoms with E-state index in [1.54, 1.807) is 57.6 Å². The summed E-state index contributed by atoms with van der Waals surface area (Å²) in [6, 6.07) is 6.84. The Morgan fingerprint density at radius 2 is 2.03 bits per heavy atom. The zero-order valence-corrected chi connectivity index (χ0v) is 17.6. The lowest BCUT2D eigenvalue weighted by molar-refractivity contribution is -0.136. The molecular formula is C20H26N4O4S. The van der Waals surface area contributed by atoms with Gasteiger partial charge in [0.1, 0.15) is 10.6 Å². The standard InChI is InChI=1S/C20H26N4O4S/c1-22-14-20(9-7-19(22)25)8-3-11-23(15-20)29(26,27)18-13-16(5-6-17(18)28-2)24-12-4-10-21-24/h4-6,10,12-13H,3,7-9,11,14-15H2,1-2H3. The molecular weight excluding hydrogens is 392 g/mol. The summed E-state index contributed by atoms with van der Waals surface area (Å²) < 4.78 is 35.8. The van der Waals surface area contributed by atoms with E-state index in [1.807, 2.05) is 0 Å². The van der Waals surface area contributed by atoms with Crippen LogP contribution in [0.2, 0.25) is 0 Å². The van der Waals surface area contributed by atoms with Crippen molar-refractivity contribution in [3.63, 3.8) is 0 Å². The highest BCUT2D eigenvalue weighted by atomic mass is 32.2. The van der Waals surface area contributed by atoms with Crippen LogP contribution in [0, 0.1) is 5.41 Å². The number of hydrogen-bond donors (Lipinski definition) is 0. The number of amides is 1. The highest BCUT2D eigenvalue weighted by Gasteiger charge is 2.44. The van der Waals surface area contributed by atoms with Crippen LogP contribution in [0.3, 0.4) is 0 Å². The van der Waals surface area contributed by atoms with Crippen LogP contribution in [0.4, 0.5) is 0 Å². The molecule has 0 aliphatic carbocycles. The maximum Gasteiger partial charge on any atom is 0.246 e. The van der Waals surface area contributed by atoms with Crippen molar-refractivity contribution in [3.05, 3.63) is 36.7 Å². The van der Waals surface area contributed by atoms with Gasteiger partial charge in [-0.3, -0.25) is 4.79 Å². The third-order valence-corrected chi connectivity index (χ3v) is 7.89. The fourth-order valence-corrected chi connectivity index (χ4v) is 6.27. The molecule has 4 rings (SSSR count). The third-order valence-electron chi connectivity index (χ3n) is 6.03. The molecule has 8 nitrogen and oxygen atoms in total. The summed E-state index contributed by atoms with van der Waals surface area (Å²) >= 11 is 0. The highest BCUT2D eigenvalue weighted by molar-refractivity contribution is 7.89. The van der Waals surface area contributed by atoms with Crippen LogP contribution in [0.5, 0.6) is 5.75 Å². The summed E-state index contributed by atoms with van der Waals surface area (Å²) in [5.41, 5.74) is 0.477. The summed E-state index contributed by atoms with van der Waals surface area (Å²) in [7, 11) is -0.489. The molecule has 29 heavy (non-hydrogen) atoms. The van der Waals surface area contributed by atoms with Crippen LogP contribution in [-0.4, -0.2) is 67.1 Å². The van der Waals surface area contributed by atoms with Gasteiger partial charge >= 0.3 is 0 Å². The summed E-state index contributed by atoms with van der Waals surface area (Å²) in [5, 5.41) is 4.19.